The van der Waals surface area contributed by atoms with E-state index in [4.69, 9.17) is 4.98 Å². The topological polar surface area (TPSA) is 24.9 Å². The Kier molecular flexibility index (Phi) is 4.77. The molecule has 0 aliphatic heterocycles. The Labute approximate surface area is 134 Å². The maximum absolute atomic E-state index is 5.05. The zero-order valence-corrected chi connectivity index (χ0v) is 14.3. The van der Waals surface area contributed by atoms with Crippen molar-refractivity contribution in [2.45, 2.75) is 65.8 Å². The van der Waals surface area contributed by atoms with Gasteiger partial charge in [-0.1, -0.05) is 25.5 Å². The summed E-state index contributed by atoms with van der Waals surface area (Å²) in [6.07, 6.45) is 7.46. The van der Waals surface area contributed by atoms with Crippen molar-refractivity contribution in [2.24, 2.45) is 0 Å². The Hall–Kier alpha value is -1.41. The van der Waals surface area contributed by atoms with Crippen LogP contribution in [0.5, 0.6) is 0 Å². The summed E-state index contributed by atoms with van der Waals surface area (Å²) in [5, 5.41) is 5.02. The lowest BCUT2D eigenvalue weighted by molar-refractivity contribution is 0.624. The SMILES string of the molecule is CCCCNCc1c2c(nc3c(C)c(C)ccc13)CCCC2. The first-order chi connectivity index (χ1) is 10.7. The first-order valence-corrected chi connectivity index (χ1v) is 8.83. The Bertz CT molecular complexity index is 673. The molecule has 0 unspecified atom stereocenters. The average Bonchev–Trinajstić information content (AvgIpc) is 2.54. The van der Waals surface area contributed by atoms with Crippen LogP contribution in [0.2, 0.25) is 0 Å². The minimum atomic E-state index is 0.990. The standard InChI is InChI=1S/C20H28N2/c1-4-5-12-21-13-18-16-8-6-7-9-19(16)22-20-15(3)14(2)10-11-17(18)20/h10-11,21H,4-9,12-13H2,1-3H3. The van der Waals surface area contributed by atoms with Gasteiger partial charge in [0.25, 0.3) is 0 Å². The van der Waals surface area contributed by atoms with Crippen LogP contribution < -0.4 is 5.32 Å². The van der Waals surface area contributed by atoms with E-state index >= 15 is 0 Å². The second kappa shape index (κ2) is 6.78. The lowest BCUT2D eigenvalue weighted by Crippen LogP contribution is -2.19. The van der Waals surface area contributed by atoms with E-state index in [1.165, 1.54) is 71.0 Å². The van der Waals surface area contributed by atoms with Crippen LogP contribution in [0.1, 0.15) is 60.6 Å². The van der Waals surface area contributed by atoms with E-state index in [2.05, 4.69) is 38.2 Å². The second-order valence-corrected chi connectivity index (χ2v) is 6.66. The number of hydrogen-bond donors (Lipinski definition) is 1. The van der Waals surface area contributed by atoms with Gasteiger partial charge in [-0.3, -0.25) is 4.98 Å². The molecule has 0 radical (unpaired) electrons. The van der Waals surface area contributed by atoms with Crippen molar-refractivity contribution >= 4 is 10.9 Å². The molecule has 1 aromatic heterocycles. The molecule has 0 atom stereocenters. The van der Waals surface area contributed by atoms with Gasteiger partial charge in [-0.15, -0.1) is 0 Å². The predicted octanol–water partition coefficient (Wildman–Crippen LogP) is 4.62. The number of aryl methyl sites for hydroxylation is 3. The number of nitrogens with one attached hydrogen (secondary N) is 1. The van der Waals surface area contributed by atoms with Crippen LogP contribution in [0.25, 0.3) is 10.9 Å². The van der Waals surface area contributed by atoms with Gasteiger partial charge in [0.2, 0.25) is 0 Å². The van der Waals surface area contributed by atoms with Crippen LogP contribution in [-0.2, 0) is 19.4 Å². The quantitative estimate of drug-likeness (QED) is 0.814. The third-order valence-electron chi connectivity index (χ3n) is 5.09. The molecule has 2 aromatic rings. The van der Waals surface area contributed by atoms with E-state index in [-0.39, 0.29) is 0 Å². The summed E-state index contributed by atoms with van der Waals surface area (Å²) in [6, 6.07) is 4.54. The Morgan fingerprint density at radius 1 is 1.14 bits per heavy atom. The fourth-order valence-corrected chi connectivity index (χ4v) is 3.54. The highest BCUT2D eigenvalue weighted by Crippen LogP contribution is 2.31. The summed E-state index contributed by atoms with van der Waals surface area (Å²) in [7, 11) is 0. The van der Waals surface area contributed by atoms with E-state index in [1.807, 2.05) is 0 Å². The molecular weight excluding hydrogens is 268 g/mol. The van der Waals surface area contributed by atoms with Crippen molar-refractivity contribution in [1.82, 2.24) is 10.3 Å². The van der Waals surface area contributed by atoms with Gasteiger partial charge in [-0.25, -0.2) is 0 Å². The third-order valence-corrected chi connectivity index (χ3v) is 5.09. The first kappa shape index (κ1) is 15.5. The van der Waals surface area contributed by atoms with Gasteiger partial charge in [-0.05, 0) is 74.8 Å². The van der Waals surface area contributed by atoms with Crippen LogP contribution in [0.15, 0.2) is 12.1 Å². The molecule has 1 aliphatic carbocycles. The summed E-state index contributed by atoms with van der Waals surface area (Å²) in [4.78, 5) is 5.05. The smallest absolute Gasteiger partial charge is 0.0740 e. The first-order valence-electron chi connectivity index (χ1n) is 8.83. The van der Waals surface area contributed by atoms with Crippen molar-refractivity contribution in [1.29, 1.82) is 0 Å². The van der Waals surface area contributed by atoms with Crippen molar-refractivity contribution in [3.8, 4) is 0 Å². The number of unbranched alkanes of at least 4 members (excludes halogenated alkanes) is 1. The van der Waals surface area contributed by atoms with Crippen molar-refractivity contribution in [2.75, 3.05) is 6.54 Å². The van der Waals surface area contributed by atoms with E-state index in [1.54, 1.807) is 0 Å². The molecule has 0 spiro atoms. The lowest BCUT2D eigenvalue weighted by Gasteiger charge is -2.22. The predicted molar refractivity (Wildman–Crippen MR) is 94.5 cm³/mol. The molecule has 0 fully saturated rings. The van der Waals surface area contributed by atoms with Gasteiger partial charge in [-0.2, -0.15) is 0 Å². The minimum Gasteiger partial charge on any atom is -0.313 e. The number of nitrogens with zero attached hydrogens (tertiary/aromatic N) is 1. The molecule has 22 heavy (non-hydrogen) atoms. The van der Waals surface area contributed by atoms with Crippen molar-refractivity contribution < 1.29 is 0 Å². The van der Waals surface area contributed by atoms with E-state index in [9.17, 15) is 0 Å². The molecular formula is C20H28N2. The normalized spacial score (nSPS) is 14.3. The molecule has 1 aliphatic rings. The van der Waals surface area contributed by atoms with Gasteiger partial charge in [0.05, 0.1) is 5.52 Å². The van der Waals surface area contributed by atoms with Gasteiger partial charge in [0.1, 0.15) is 0 Å². The van der Waals surface area contributed by atoms with Crippen molar-refractivity contribution in [3.05, 3.63) is 40.1 Å². The highest BCUT2D eigenvalue weighted by Gasteiger charge is 2.18. The number of benzene rings is 1. The van der Waals surface area contributed by atoms with Gasteiger partial charge >= 0.3 is 0 Å². The number of hydrogen-bond acceptors (Lipinski definition) is 2. The van der Waals surface area contributed by atoms with Gasteiger partial charge < -0.3 is 5.32 Å². The molecule has 0 saturated heterocycles. The molecule has 0 saturated carbocycles. The fourth-order valence-electron chi connectivity index (χ4n) is 3.54. The summed E-state index contributed by atoms with van der Waals surface area (Å²) in [5.74, 6) is 0. The fraction of sp³-hybridized carbons (Fsp3) is 0.550. The molecule has 1 heterocycles. The maximum Gasteiger partial charge on any atom is 0.0740 e. The van der Waals surface area contributed by atoms with E-state index in [0.717, 1.165) is 19.5 Å². The molecule has 118 valence electrons. The van der Waals surface area contributed by atoms with Crippen LogP contribution >= 0.6 is 0 Å². The maximum atomic E-state index is 5.05. The average molecular weight is 296 g/mol. The number of fused-ring (bicyclic) bond motifs is 2. The third kappa shape index (κ3) is 2.89. The minimum absolute atomic E-state index is 0.990. The largest absolute Gasteiger partial charge is 0.313 e. The van der Waals surface area contributed by atoms with Crippen LogP contribution in [0, 0.1) is 13.8 Å². The summed E-state index contributed by atoms with van der Waals surface area (Å²) >= 11 is 0. The summed E-state index contributed by atoms with van der Waals surface area (Å²) < 4.78 is 0. The Morgan fingerprint density at radius 2 is 1.95 bits per heavy atom. The zero-order valence-electron chi connectivity index (χ0n) is 14.3. The highest BCUT2D eigenvalue weighted by molar-refractivity contribution is 5.87. The number of rotatable bonds is 5. The summed E-state index contributed by atoms with van der Waals surface area (Å²) in [6.45, 7) is 8.75. The molecule has 0 amide bonds. The monoisotopic (exact) mass is 296 g/mol. The summed E-state index contributed by atoms with van der Waals surface area (Å²) in [5.41, 5.74) is 8.33. The molecule has 1 N–H and O–H groups in total. The second-order valence-electron chi connectivity index (χ2n) is 6.66. The van der Waals surface area contributed by atoms with Crippen LogP contribution in [0.4, 0.5) is 0 Å². The Morgan fingerprint density at radius 3 is 2.77 bits per heavy atom. The number of pyridine rings is 1. The molecule has 1 aromatic carbocycles. The van der Waals surface area contributed by atoms with Crippen molar-refractivity contribution in [3.63, 3.8) is 0 Å². The molecule has 3 rings (SSSR count). The number of aromatic nitrogens is 1. The highest BCUT2D eigenvalue weighted by atomic mass is 14.8. The lowest BCUT2D eigenvalue weighted by atomic mass is 9.88. The molecule has 2 nitrogen and oxygen atoms in total. The van der Waals surface area contributed by atoms with Crippen LogP contribution in [0.3, 0.4) is 0 Å². The van der Waals surface area contributed by atoms with Gasteiger partial charge in [0.15, 0.2) is 0 Å². The zero-order chi connectivity index (χ0) is 15.5. The molecule has 0 bridgehead atoms. The van der Waals surface area contributed by atoms with Crippen LogP contribution in [-0.4, -0.2) is 11.5 Å². The molecule has 2 heteroatoms. The van der Waals surface area contributed by atoms with E-state index in [0.29, 0.717) is 0 Å². The van der Waals surface area contributed by atoms with Gasteiger partial charge in [0, 0.05) is 17.6 Å². The Balaban J connectivity index is 2.07. The van der Waals surface area contributed by atoms with E-state index < -0.39 is 0 Å².